The van der Waals surface area contributed by atoms with Gasteiger partial charge >= 0.3 is 0 Å². The van der Waals surface area contributed by atoms with Crippen molar-refractivity contribution in [1.29, 1.82) is 0 Å². The van der Waals surface area contributed by atoms with E-state index in [0.29, 0.717) is 17.9 Å². The number of hydrazine groups is 1. The minimum absolute atomic E-state index is 0.0274. The number of hydrogen-bond donors (Lipinski definition) is 0. The number of carbonyl (C=O) groups excluding carboxylic acids is 3. The van der Waals surface area contributed by atoms with Crippen molar-refractivity contribution >= 4 is 109 Å². The molecule has 0 N–H and O–H groups in total. The van der Waals surface area contributed by atoms with E-state index in [2.05, 4.69) is 79.6 Å². The maximum absolute atomic E-state index is 13.6. The Bertz CT molecular complexity index is 1280. The summed E-state index contributed by atoms with van der Waals surface area (Å²) in [5, 5.41) is 2.20. The summed E-state index contributed by atoms with van der Waals surface area (Å²) >= 11 is 23.3. The number of fused-ring (bicyclic) bond motifs is 1. The van der Waals surface area contributed by atoms with Crippen LogP contribution in [0.15, 0.2) is 70.9 Å². The molecule has 0 fully saturated rings. The molecule has 0 aliphatic carbocycles. The Labute approximate surface area is 236 Å². The molecular weight excluding hydrogens is 775 g/mol. The van der Waals surface area contributed by atoms with E-state index in [1.54, 1.807) is 36.4 Å². The molecule has 1 heterocycles. The van der Waals surface area contributed by atoms with Gasteiger partial charge in [-0.15, -0.1) is 0 Å². The maximum Gasteiger partial charge on any atom is 0.282 e. The first-order valence-corrected chi connectivity index (χ1v) is 13.5. The fourth-order valence-corrected chi connectivity index (χ4v) is 6.26. The Morgan fingerprint density at radius 1 is 0.788 bits per heavy atom. The van der Waals surface area contributed by atoms with Gasteiger partial charge in [0, 0.05) is 22.4 Å². The van der Waals surface area contributed by atoms with Crippen molar-refractivity contribution in [2.24, 2.45) is 0 Å². The maximum atomic E-state index is 13.6. The van der Waals surface area contributed by atoms with Crippen LogP contribution in [0.25, 0.3) is 0 Å². The fraction of sp³-hybridized carbons (Fsp3) is 0.0455. The highest BCUT2D eigenvalue weighted by molar-refractivity contribution is 9.15. The van der Waals surface area contributed by atoms with E-state index in [4.69, 9.17) is 11.6 Å². The molecule has 33 heavy (non-hydrogen) atoms. The van der Waals surface area contributed by atoms with Crippen molar-refractivity contribution in [3.8, 4) is 0 Å². The Morgan fingerprint density at radius 2 is 1.30 bits per heavy atom. The number of halogens is 6. The molecule has 1 aliphatic rings. The molecule has 168 valence electrons. The highest BCUT2D eigenvalue weighted by Gasteiger charge is 2.45. The van der Waals surface area contributed by atoms with Crippen molar-refractivity contribution in [3.05, 3.63) is 98.2 Å². The van der Waals surface area contributed by atoms with E-state index < -0.39 is 17.7 Å². The van der Waals surface area contributed by atoms with Gasteiger partial charge in [-0.05, 0) is 93.5 Å². The highest BCUT2D eigenvalue weighted by atomic mass is 79.9. The number of amides is 3. The Balaban J connectivity index is 1.86. The number of nitrogens with zero attached hydrogens (tertiary/aromatic N) is 2. The van der Waals surface area contributed by atoms with Crippen LogP contribution in [0, 0.1) is 0 Å². The molecule has 0 saturated heterocycles. The van der Waals surface area contributed by atoms with Crippen LogP contribution >= 0.6 is 91.3 Å². The predicted octanol–water partition coefficient (Wildman–Crippen LogP) is 8.01. The van der Waals surface area contributed by atoms with Crippen LogP contribution in [0.5, 0.6) is 0 Å². The van der Waals surface area contributed by atoms with Crippen LogP contribution in [0.2, 0.25) is 5.02 Å². The van der Waals surface area contributed by atoms with Crippen LogP contribution < -0.4 is 0 Å². The van der Waals surface area contributed by atoms with Crippen molar-refractivity contribution < 1.29 is 14.4 Å². The summed E-state index contributed by atoms with van der Waals surface area (Å²) in [4.78, 5) is 40.7. The Hall–Kier alpha value is -1.04. The molecule has 3 aromatic rings. The third-order valence-electron chi connectivity index (χ3n) is 4.91. The summed E-state index contributed by atoms with van der Waals surface area (Å²) in [6.07, 6.45) is 0. The van der Waals surface area contributed by atoms with Gasteiger partial charge in [0.1, 0.15) is 0 Å². The lowest BCUT2D eigenvalue weighted by atomic mass is 10.1. The quantitative estimate of drug-likeness (QED) is 0.153. The van der Waals surface area contributed by atoms with Crippen molar-refractivity contribution in [2.75, 3.05) is 0 Å². The van der Waals surface area contributed by atoms with Crippen molar-refractivity contribution in [3.63, 3.8) is 0 Å². The van der Waals surface area contributed by atoms with Gasteiger partial charge in [0.25, 0.3) is 17.7 Å². The molecule has 0 spiro atoms. The van der Waals surface area contributed by atoms with E-state index in [0.717, 1.165) is 20.1 Å². The van der Waals surface area contributed by atoms with Crippen LogP contribution in [0.3, 0.4) is 0 Å². The molecule has 3 aromatic carbocycles. The zero-order chi connectivity index (χ0) is 24.0. The van der Waals surface area contributed by atoms with Gasteiger partial charge in [0.05, 0.1) is 28.3 Å². The molecule has 0 aromatic heterocycles. The van der Waals surface area contributed by atoms with E-state index in [1.165, 1.54) is 0 Å². The van der Waals surface area contributed by atoms with Gasteiger partial charge in [0.2, 0.25) is 0 Å². The highest BCUT2D eigenvalue weighted by Crippen LogP contribution is 2.45. The average molecular weight is 785 g/mol. The largest absolute Gasteiger partial charge is 0.282 e. The molecule has 0 radical (unpaired) electrons. The second-order valence-electron chi connectivity index (χ2n) is 6.90. The average Bonchev–Trinajstić information content (AvgIpc) is 3.06. The van der Waals surface area contributed by atoms with E-state index in [1.807, 2.05) is 12.1 Å². The van der Waals surface area contributed by atoms with Gasteiger partial charge in [-0.25, -0.2) is 5.01 Å². The summed E-state index contributed by atoms with van der Waals surface area (Å²) in [6.45, 7) is -0.0274. The van der Waals surface area contributed by atoms with E-state index in [9.17, 15) is 14.4 Å². The van der Waals surface area contributed by atoms with Gasteiger partial charge in [0.15, 0.2) is 0 Å². The van der Waals surface area contributed by atoms with Crippen LogP contribution in [0.4, 0.5) is 0 Å². The summed E-state index contributed by atoms with van der Waals surface area (Å²) in [7, 11) is 0. The predicted molar refractivity (Wildman–Crippen MR) is 143 cm³/mol. The zero-order valence-electron chi connectivity index (χ0n) is 16.2. The molecule has 0 bridgehead atoms. The lowest BCUT2D eigenvalue weighted by Crippen LogP contribution is -2.49. The monoisotopic (exact) mass is 780 g/mol. The number of rotatable bonds is 4. The lowest BCUT2D eigenvalue weighted by Gasteiger charge is -2.30. The second kappa shape index (κ2) is 9.91. The molecule has 4 rings (SSSR count). The minimum Gasteiger partial charge on any atom is -0.267 e. The molecule has 0 saturated carbocycles. The number of benzene rings is 3. The third-order valence-corrected chi connectivity index (χ3v) is 10.5. The third kappa shape index (κ3) is 4.50. The molecule has 0 atom stereocenters. The Morgan fingerprint density at radius 3 is 1.82 bits per heavy atom. The molecule has 0 unspecified atom stereocenters. The number of imide groups is 1. The van der Waals surface area contributed by atoms with Crippen LogP contribution in [0.1, 0.15) is 36.6 Å². The first-order chi connectivity index (χ1) is 15.6. The SMILES string of the molecule is O=C(c1ccccc1Cl)N(Cc1ccc(Br)cc1)N1C(=O)c2c(Br)c(Br)c(Br)c(Br)c2C1=O. The minimum atomic E-state index is -0.631. The van der Waals surface area contributed by atoms with E-state index in [-0.39, 0.29) is 28.3 Å². The standard InChI is InChI=1S/C22H10Br5ClN2O3/c23-11-7-5-10(6-8-11)9-29(20(31)12-3-1-2-4-13(12)28)30-21(32)14-15(22(30)33)17(25)19(27)18(26)16(14)24/h1-8H,9H2. The van der Waals surface area contributed by atoms with Crippen molar-refractivity contribution in [1.82, 2.24) is 10.0 Å². The fourth-order valence-electron chi connectivity index (χ4n) is 3.33. The van der Waals surface area contributed by atoms with Crippen LogP contribution in [-0.2, 0) is 6.54 Å². The lowest BCUT2D eigenvalue weighted by molar-refractivity contribution is 0.000827. The van der Waals surface area contributed by atoms with Gasteiger partial charge in [-0.2, -0.15) is 5.01 Å². The summed E-state index contributed by atoms with van der Waals surface area (Å²) in [5.41, 5.74) is 1.19. The molecule has 5 nitrogen and oxygen atoms in total. The number of carbonyl (C=O) groups is 3. The van der Waals surface area contributed by atoms with E-state index >= 15 is 0 Å². The van der Waals surface area contributed by atoms with Crippen LogP contribution in [-0.4, -0.2) is 27.7 Å². The normalized spacial score (nSPS) is 12.8. The molecule has 3 amide bonds. The topological polar surface area (TPSA) is 57.7 Å². The second-order valence-corrected chi connectivity index (χ2v) is 11.4. The smallest absolute Gasteiger partial charge is 0.267 e. The van der Waals surface area contributed by atoms with Gasteiger partial charge in [-0.1, -0.05) is 51.8 Å². The summed E-state index contributed by atoms with van der Waals surface area (Å²) < 4.78 is 2.80. The first kappa shape index (κ1) is 25.1. The first-order valence-electron chi connectivity index (χ1n) is 9.19. The molecule has 11 heteroatoms. The number of hydrogen-bond acceptors (Lipinski definition) is 3. The van der Waals surface area contributed by atoms with Crippen molar-refractivity contribution in [2.45, 2.75) is 6.54 Å². The summed E-state index contributed by atoms with van der Waals surface area (Å²) in [6, 6.07) is 13.7. The van der Waals surface area contributed by atoms with Gasteiger partial charge < -0.3 is 0 Å². The zero-order valence-corrected chi connectivity index (χ0v) is 24.9. The summed E-state index contributed by atoms with van der Waals surface area (Å²) in [5.74, 6) is -1.84. The Kier molecular flexibility index (Phi) is 7.53. The molecule has 1 aliphatic heterocycles. The molecular formula is C22H10Br5ClN2O3. The van der Waals surface area contributed by atoms with Gasteiger partial charge in [-0.3, -0.25) is 14.4 Å².